The highest BCUT2D eigenvalue weighted by molar-refractivity contribution is 6.02. The van der Waals surface area contributed by atoms with Crippen molar-refractivity contribution < 1.29 is 4.74 Å². The van der Waals surface area contributed by atoms with E-state index in [-0.39, 0.29) is 5.90 Å². The highest BCUT2D eigenvalue weighted by atomic mass is 16.5. The Morgan fingerprint density at radius 2 is 1.61 bits per heavy atom. The third-order valence-electron chi connectivity index (χ3n) is 2.23. The number of nitrogens with one attached hydrogen (secondary N) is 1. The second-order valence-electron chi connectivity index (χ2n) is 3.07. The maximum atomic E-state index is 7.62. The minimum Gasteiger partial charge on any atom is -0.480 e. The summed E-state index contributed by atoms with van der Waals surface area (Å²) in [6, 6.07) is 3.72. The van der Waals surface area contributed by atoms with Gasteiger partial charge in [0.1, 0.15) is 0 Å². The summed E-state index contributed by atoms with van der Waals surface area (Å²) >= 11 is 0. The van der Waals surface area contributed by atoms with Crippen molar-refractivity contribution in [3.8, 4) is 0 Å². The largest absolute Gasteiger partial charge is 0.480 e. The first-order chi connectivity index (χ1) is 11.3. The molecule has 5 nitrogen and oxygen atoms in total. The normalized spacial score (nSPS) is 7.91. The van der Waals surface area contributed by atoms with Crippen molar-refractivity contribution in [2.24, 2.45) is 0 Å². The van der Waals surface area contributed by atoms with E-state index in [1.165, 1.54) is 7.11 Å². The van der Waals surface area contributed by atoms with E-state index in [1.54, 1.807) is 10.9 Å². The molecule has 0 aliphatic carbocycles. The van der Waals surface area contributed by atoms with Crippen LogP contribution in [0.25, 0.3) is 11.0 Å². The molecule has 0 radical (unpaired) electrons. The van der Waals surface area contributed by atoms with Crippen LogP contribution < -0.4 is 0 Å². The van der Waals surface area contributed by atoms with Crippen LogP contribution in [0, 0.1) is 5.41 Å². The zero-order valence-electron chi connectivity index (χ0n) is 16.7. The van der Waals surface area contributed by atoms with Gasteiger partial charge in [0.25, 0.3) is 0 Å². The topological polar surface area (TPSA) is 63.8 Å². The van der Waals surface area contributed by atoms with Gasteiger partial charge in [-0.1, -0.05) is 55.4 Å². The number of hydrogen-bond donors (Lipinski definition) is 1. The molecule has 0 aliphatic heterocycles. The van der Waals surface area contributed by atoms with Crippen LogP contribution in [0.2, 0.25) is 0 Å². The summed E-state index contributed by atoms with van der Waals surface area (Å²) in [5.41, 5.74) is 1.33. The zero-order valence-corrected chi connectivity index (χ0v) is 16.7. The van der Waals surface area contributed by atoms with Crippen molar-refractivity contribution in [1.29, 1.82) is 5.41 Å². The van der Waals surface area contributed by atoms with Gasteiger partial charge in [-0.3, -0.25) is 5.41 Å². The smallest absolute Gasteiger partial charge is 0.234 e. The molecule has 0 bridgehead atoms. The molecule has 1 N–H and O–H groups in total. The molecule has 0 aromatic carbocycles. The van der Waals surface area contributed by atoms with Crippen LogP contribution in [0.5, 0.6) is 0 Å². The minimum atomic E-state index is 0.0696. The molecule has 2 rings (SSSR count). The highest BCUT2D eigenvalue weighted by Crippen LogP contribution is 2.16. The van der Waals surface area contributed by atoms with E-state index >= 15 is 0 Å². The summed E-state index contributed by atoms with van der Waals surface area (Å²) in [7, 11) is 1.47. The van der Waals surface area contributed by atoms with Gasteiger partial charge < -0.3 is 4.74 Å². The fourth-order valence-corrected chi connectivity index (χ4v) is 1.49. The van der Waals surface area contributed by atoms with E-state index in [0.29, 0.717) is 5.69 Å². The van der Waals surface area contributed by atoms with Gasteiger partial charge in [0.15, 0.2) is 11.3 Å². The van der Waals surface area contributed by atoms with Crippen molar-refractivity contribution >= 4 is 16.9 Å². The van der Waals surface area contributed by atoms with Crippen LogP contribution in [-0.2, 0) is 11.3 Å². The number of ether oxygens (including phenoxy) is 1. The average Bonchev–Trinajstić information content (AvgIpc) is 3.06. The molecule has 0 fully saturated rings. The lowest BCUT2D eigenvalue weighted by atomic mass is 10.2. The minimum absolute atomic E-state index is 0.0696. The second-order valence-corrected chi connectivity index (χ2v) is 3.07. The Morgan fingerprint density at radius 1 is 1.09 bits per heavy atom. The zero-order chi connectivity index (χ0) is 18.8. The molecule has 0 aliphatic rings. The van der Waals surface area contributed by atoms with E-state index in [2.05, 4.69) is 10.1 Å². The van der Waals surface area contributed by atoms with Gasteiger partial charge >= 0.3 is 0 Å². The van der Waals surface area contributed by atoms with Crippen molar-refractivity contribution in [2.45, 2.75) is 68.9 Å². The van der Waals surface area contributed by atoms with Gasteiger partial charge in [0.2, 0.25) is 5.90 Å². The Labute approximate surface area is 142 Å². The maximum absolute atomic E-state index is 7.62. The molecule has 23 heavy (non-hydrogen) atoms. The molecule has 134 valence electrons. The van der Waals surface area contributed by atoms with Crippen LogP contribution in [0.15, 0.2) is 18.3 Å². The molecular formula is C18H36N4O. The summed E-state index contributed by atoms with van der Waals surface area (Å²) < 4.78 is 6.64. The van der Waals surface area contributed by atoms with Gasteiger partial charge in [-0.15, -0.1) is 0 Å². The van der Waals surface area contributed by atoms with E-state index in [0.717, 1.165) is 17.6 Å². The third-order valence-corrected chi connectivity index (χ3v) is 2.23. The third kappa shape index (κ3) is 7.77. The standard InChI is InChI=1S/C10H12N4O.4C2H6/c1-3-14-10-7(5-4-6-12-10)8(13-14)9(11)15-2;4*1-2/h4-6,11H,3H2,1-2H3;4*1-2H3. The van der Waals surface area contributed by atoms with Crippen LogP contribution in [0.4, 0.5) is 0 Å². The molecule has 2 aromatic rings. The monoisotopic (exact) mass is 324 g/mol. The SMILES string of the molecule is CC.CC.CC.CC.CCn1nc(C(=N)OC)c2cccnc21. The molecule has 5 heteroatoms. The van der Waals surface area contributed by atoms with Crippen molar-refractivity contribution in [2.75, 3.05) is 7.11 Å². The molecule has 2 heterocycles. The van der Waals surface area contributed by atoms with Crippen LogP contribution in [0.1, 0.15) is 68.0 Å². The van der Waals surface area contributed by atoms with Crippen LogP contribution >= 0.6 is 0 Å². The molecule has 0 spiro atoms. The van der Waals surface area contributed by atoms with E-state index < -0.39 is 0 Å². The Hall–Kier alpha value is -1.91. The van der Waals surface area contributed by atoms with Gasteiger partial charge in [-0.2, -0.15) is 5.10 Å². The number of aryl methyl sites for hydroxylation is 1. The molecule has 0 unspecified atom stereocenters. The Morgan fingerprint density at radius 3 is 2.04 bits per heavy atom. The first-order valence-electron chi connectivity index (χ1n) is 8.72. The van der Waals surface area contributed by atoms with Gasteiger partial charge in [-0.25, -0.2) is 9.67 Å². The first-order valence-corrected chi connectivity index (χ1v) is 8.72. The molecule has 2 aromatic heterocycles. The van der Waals surface area contributed by atoms with E-state index in [4.69, 9.17) is 10.1 Å². The van der Waals surface area contributed by atoms with Gasteiger partial charge in [-0.05, 0) is 19.1 Å². The molecule has 0 saturated carbocycles. The Kier molecular flexibility index (Phi) is 20.5. The lowest BCUT2D eigenvalue weighted by molar-refractivity contribution is 0.399. The van der Waals surface area contributed by atoms with Crippen LogP contribution in [-0.4, -0.2) is 27.8 Å². The highest BCUT2D eigenvalue weighted by Gasteiger charge is 2.14. The molecule has 0 atom stereocenters. The number of pyridine rings is 1. The number of hydrogen-bond acceptors (Lipinski definition) is 4. The number of aromatic nitrogens is 3. The van der Waals surface area contributed by atoms with Crippen molar-refractivity contribution in [3.05, 3.63) is 24.0 Å². The lowest BCUT2D eigenvalue weighted by Gasteiger charge is -1.96. The summed E-state index contributed by atoms with van der Waals surface area (Å²) in [6.45, 7) is 18.7. The van der Waals surface area contributed by atoms with Crippen molar-refractivity contribution in [3.63, 3.8) is 0 Å². The quantitative estimate of drug-likeness (QED) is 0.583. The average molecular weight is 325 g/mol. The fourth-order valence-electron chi connectivity index (χ4n) is 1.49. The summed E-state index contributed by atoms with van der Waals surface area (Å²) in [6.07, 6.45) is 1.72. The lowest BCUT2D eigenvalue weighted by Crippen LogP contribution is -2.04. The number of fused-ring (bicyclic) bond motifs is 1. The predicted octanol–water partition coefficient (Wildman–Crippen LogP) is 5.53. The Bertz CT molecular complexity index is 507. The molecule has 0 saturated heterocycles. The first kappa shape index (κ1) is 26.0. The second kappa shape index (κ2) is 18.1. The number of rotatable bonds is 2. The van der Waals surface area contributed by atoms with Gasteiger partial charge in [0.05, 0.1) is 12.5 Å². The van der Waals surface area contributed by atoms with Crippen LogP contribution in [0.3, 0.4) is 0 Å². The Balaban J connectivity index is -0.000000438. The fraction of sp³-hybridized carbons (Fsp3) is 0.611. The summed E-state index contributed by atoms with van der Waals surface area (Å²) in [5.74, 6) is 0.0696. The molecular weight excluding hydrogens is 288 g/mol. The maximum Gasteiger partial charge on any atom is 0.234 e. The van der Waals surface area contributed by atoms with E-state index in [9.17, 15) is 0 Å². The van der Waals surface area contributed by atoms with Crippen molar-refractivity contribution in [1.82, 2.24) is 14.8 Å². The van der Waals surface area contributed by atoms with Gasteiger partial charge in [0, 0.05) is 12.7 Å². The number of methoxy groups -OCH3 is 1. The van der Waals surface area contributed by atoms with E-state index in [1.807, 2.05) is 74.4 Å². The predicted molar refractivity (Wildman–Crippen MR) is 102 cm³/mol. The summed E-state index contributed by atoms with van der Waals surface area (Å²) in [4.78, 5) is 4.24. The number of nitrogens with zero attached hydrogens (tertiary/aromatic N) is 3. The molecule has 0 amide bonds. The summed E-state index contributed by atoms with van der Waals surface area (Å²) in [5, 5.41) is 12.8.